The van der Waals surface area contributed by atoms with E-state index in [4.69, 9.17) is 27.9 Å². The summed E-state index contributed by atoms with van der Waals surface area (Å²) >= 11 is 12.0. The van der Waals surface area contributed by atoms with E-state index in [1.807, 2.05) is 17.0 Å². The lowest BCUT2D eigenvalue weighted by Crippen LogP contribution is -2.54. The predicted octanol–water partition coefficient (Wildman–Crippen LogP) is 2.63. The average molecular weight is 397 g/mol. The third-order valence-corrected chi connectivity index (χ3v) is 4.81. The van der Waals surface area contributed by atoms with Crippen LogP contribution in [0, 0.1) is 0 Å². The van der Waals surface area contributed by atoms with Crippen LogP contribution >= 0.6 is 23.2 Å². The van der Waals surface area contributed by atoms with Crippen LogP contribution in [0.25, 0.3) is 0 Å². The quantitative estimate of drug-likeness (QED) is 0.637. The summed E-state index contributed by atoms with van der Waals surface area (Å²) in [4.78, 5) is 16.4. The van der Waals surface area contributed by atoms with E-state index in [1.165, 1.54) is 0 Å². The molecule has 1 atom stereocenters. The number of aromatic nitrogens is 1. The molecule has 1 aliphatic heterocycles. The Kier molecular flexibility index (Phi) is 5.74. The highest BCUT2D eigenvalue weighted by molar-refractivity contribution is 6.35. The Bertz CT molecular complexity index is 795. The first-order chi connectivity index (χ1) is 12.5. The van der Waals surface area contributed by atoms with Crippen molar-refractivity contribution in [1.82, 2.24) is 4.90 Å². The summed E-state index contributed by atoms with van der Waals surface area (Å²) < 4.78 is 6.80. The maximum absolute atomic E-state index is 12.6. The highest BCUT2D eigenvalue weighted by Crippen LogP contribution is 2.28. The Balaban J connectivity index is 1.58. The molecule has 2 aromatic rings. The van der Waals surface area contributed by atoms with Crippen LogP contribution in [0.2, 0.25) is 10.0 Å². The van der Waals surface area contributed by atoms with Gasteiger partial charge in [-0.05, 0) is 31.2 Å². The molecule has 1 aromatic carbocycles. The van der Waals surface area contributed by atoms with Crippen LogP contribution in [0.4, 0.5) is 5.82 Å². The number of anilines is 1. The Morgan fingerprint density at radius 1 is 1.19 bits per heavy atom. The molecule has 1 N–H and O–H groups in total. The van der Waals surface area contributed by atoms with Gasteiger partial charge in [-0.2, -0.15) is 0 Å². The number of carbonyl (C=O) groups is 1. The highest BCUT2D eigenvalue weighted by atomic mass is 35.5. The molecule has 6 nitrogen and oxygen atoms in total. The van der Waals surface area contributed by atoms with E-state index in [2.05, 4.69) is 0 Å². The van der Waals surface area contributed by atoms with Gasteiger partial charge in [0.05, 0.1) is 18.1 Å². The fraction of sp³-hybridized carbons (Fsp3) is 0.333. The van der Waals surface area contributed by atoms with Gasteiger partial charge in [0.25, 0.3) is 5.91 Å². The Labute approximate surface area is 162 Å². The number of hydrogen-bond donors (Lipinski definition) is 1. The standard InChI is InChI=1S/C18H20Cl2N3O3/c1-13(26-16-6-5-14(19)12-15(16)20)18(24)22-10-8-21(9-11-22)17-4-2-3-7-23(17)25/h2-7,12-13,25H,8-11H2,1H3/q+1. The first-order valence-electron chi connectivity index (χ1n) is 8.31. The Morgan fingerprint density at radius 3 is 2.58 bits per heavy atom. The third kappa shape index (κ3) is 4.14. The first-order valence-corrected chi connectivity index (χ1v) is 9.06. The maximum atomic E-state index is 12.6. The van der Waals surface area contributed by atoms with E-state index in [-0.39, 0.29) is 5.91 Å². The Hall–Kier alpha value is -2.18. The number of pyridine rings is 1. The number of rotatable bonds is 4. The van der Waals surface area contributed by atoms with Gasteiger partial charge in [-0.25, -0.2) is 0 Å². The summed E-state index contributed by atoms with van der Waals surface area (Å²) in [6.07, 6.45) is 0.929. The molecule has 3 rings (SSSR count). The molecule has 1 aromatic heterocycles. The van der Waals surface area contributed by atoms with Crippen LogP contribution in [-0.2, 0) is 4.79 Å². The van der Waals surface area contributed by atoms with Crippen molar-refractivity contribution in [2.45, 2.75) is 13.0 Å². The number of amides is 1. The van der Waals surface area contributed by atoms with Gasteiger partial charge in [-0.15, -0.1) is 0 Å². The molecular weight excluding hydrogens is 377 g/mol. The van der Waals surface area contributed by atoms with Gasteiger partial charge in [0.15, 0.2) is 6.10 Å². The molecule has 0 radical (unpaired) electrons. The van der Waals surface area contributed by atoms with E-state index < -0.39 is 6.10 Å². The van der Waals surface area contributed by atoms with Gasteiger partial charge in [0, 0.05) is 11.1 Å². The number of halogens is 2. The zero-order valence-electron chi connectivity index (χ0n) is 14.3. The lowest BCUT2D eigenvalue weighted by Gasteiger charge is -2.32. The van der Waals surface area contributed by atoms with Crippen molar-refractivity contribution >= 4 is 34.9 Å². The summed E-state index contributed by atoms with van der Waals surface area (Å²) in [5, 5.41) is 10.8. The molecule has 1 saturated heterocycles. The Morgan fingerprint density at radius 2 is 1.92 bits per heavy atom. The summed E-state index contributed by atoms with van der Waals surface area (Å²) in [6.45, 7) is 4.07. The molecule has 1 aliphatic rings. The normalized spacial score (nSPS) is 15.7. The number of benzene rings is 1. The van der Waals surface area contributed by atoms with Gasteiger partial charge in [-0.1, -0.05) is 34.0 Å². The monoisotopic (exact) mass is 396 g/mol. The lowest BCUT2D eigenvalue weighted by atomic mass is 10.2. The maximum Gasteiger partial charge on any atom is 0.316 e. The smallest absolute Gasteiger partial charge is 0.316 e. The summed E-state index contributed by atoms with van der Waals surface area (Å²) in [6, 6.07) is 10.4. The SMILES string of the molecule is CC(Oc1ccc(Cl)cc1Cl)C(=O)N1CCN(c2cccc[n+]2O)CC1. The zero-order valence-corrected chi connectivity index (χ0v) is 15.8. The van der Waals surface area contributed by atoms with E-state index in [9.17, 15) is 10.0 Å². The van der Waals surface area contributed by atoms with Gasteiger partial charge in [-0.3, -0.25) is 9.69 Å². The van der Waals surface area contributed by atoms with Crippen LogP contribution in [-0.4, -0.2) is 48.3 Å². The largest absolute Gasteiger partial charge is 0.479 e. The zero-order chi connectivity index (χ0) is 18.7. The van der Waals surface area contributed by atoms with Gasteiger partial charge >= 0.3 is 5.82 Å². The second-order valence-electron chi connectivity index (χ2n) is 6.05. The lowest BCUT2D eigenvalue weighted by molar-refractivity contribution is -0.894. The van der Waals surface area contributed by atoms with E-state index >= 15 is 0 Å². The molecule has 2 heterocycles. The van der Waals surface area contributed by atoms with Gasteiger partial charge < -0.3 is 14.8 Å². The summed E-state index contributed by atoms with van der Waals surface area (Å²) in [5.74, 6) is 1.04. The molecular formula is C18H20Cl2N3O3+. The summed E-state index contributed by atoms with van der Waals surface area (Å²) in [7, 11) is 0. The van der Waals surface area contributed by atoms with Crippen LogP contribution in [0.5, 0.6) is 5.75 Å². The third-order valence-electron chi connectivity index (χ3n) is 4.28. The molecule has 1 amide bonds. The number of ether oxygens (including phenoxy) is 1. The van der Waals surface area contributed by atoms with Crippen molar-refractivity contribution in [3.05, 3.63) is 52.6 Å². The fourth-order valence-corrected chi connectivity index (χ4v) is 3.35. The molecule has 1 unspecified atom stereocenters. The van der Waals surface area contributed by atoms with Crippen LogP contribution in [0.15, 0.2) is 42.6 Å². The van der Waals surface area contributed by atoms with Gasteiger partial charge in [0.1, 0.15) is 25.0 Å². The molecule has 0 aliphatic carbocycles. The molecule has 1 fully saturated rings. The van der Waals surface area contributed by atoms with Crippen LogP contribution in [0.3, 0.4) is 0 Å². The second-order valence-corrected chi connectivity index (χ2v) is 6.89. The van der Waals surface area contributed by atoms with E-state index in [0.29, 0.717) is 47.8 Å². The molecule has 0 spiro atoms. The van der Waals surface area contributed by atoms with E-state index in [1.54, 1.807) is 42.3 Å². The van der Waals surface area contributed by atoms with Gasteiger partial charge in [0.2, 0.25) is 0 Å². The van der Waals surface area contributed by atoms with Crippen LogP contribution in [0.1, 0.15) is 6.92 Å². The van der Waals surface area contributed by atoms with Crippen molar-refractivity contribution in [1.29, 1.82) is 0 Å². The first kappa shape index (κ1) is 18.6. The number of piperazine rings is 1. The second kappa shape index (κ2) is 8.01. The highest BCUT2D eigenvalue weighted by Gasteiger charge is 2.30. The van der Waals surface area contributed by atoms with Crippen molar-refractivity contribution in [3.8, 4) is 5.75 Å². The minimum atomic E-state index is -0.653. The number of nitrogens with zero attached hydrogens (tertiary/aromatic N) is 3. The molecule has 0 bridgehead atoms. The number of carbonyl (C=O) groups excluding carboxylic acids is 1. The fourth-order valence-electron chi connectivity index (χ4n) is 2.90. The molecule has 8 heteroatoms. The molecule has 26 heavy (non-hydrogen) atoms. The van der Waals surface area contributed by atoms with Crippen molar-refractivity contribution in [3.63, 3.8) is 0 Å². The topological polar surface area (TPSA) is 56.9 Å². The van der Waals surface area contributed by atoms with Crippen molar-refractivity contribution < 1.29 is 19.5 Å². The minimum Gasteiger partial charge on any atom is -0.479 e. The average Bonchev–Trinajstić information content (AvgIpc) is 2.64. The minimum absolute atomic E-state index is 0.0967. The molecule has 0 saturated carbocycles. The predicted molar refractivity (Wildman–Crippen MR) is 99.2 cm³/mol. The summed E-state index contributed by atoms with van der Waals surface area (Å²) in [5.41, 5.74) is 0. The van der Waals surface area contributed by atoms with Crippen LogP contribution < -0.4 is 14.4 Å². The van der Waals surface area contributed by atoms with Crippen molar-refractivity contribution in [2.75, 3.05) is 31.1 Å². The van der Waals surface area contributed by atoms with Crippen molar-refractivity contribution in [2.24, 2.45) is 0 Å². The number of hydrogen-bond acceptors (Lipinski definition) is 4. The van der Waals surface area contributed by atoms with E-state index in [0.717, 1.165) is 4.73 Å². The molecule has 138 valence electrons.